The van der Waals surface area contributed by atoms with Crippen LogP contribution >= 0.6 is 11.6 Å². The summed E-state index contributed by atoms with van der Waals surface area (Å²) < 4.78 is 0. The van der Waals surface area contributed by atoms with E-state index in [0.717, 1.165) is 36.4 Å². The maximum absolute atomic E-state index is 9.48. The zero-order valence-electron chi connectivity index (χ0n) is 10.2. The van der Waals surface area contributed by atoms with Crippen LogP contribution in [-0.4, -0.2) is 17.8 Å². The van der Waals surface area contributed by atoms with Crippen molar-refractivity contribution >= 4 is 11.6 Å². The highest BCUT2D eigenvalue weighted by Gasteiger charge is 2.23. The summed E-state index contributed by atoms with van der Waals surface area (Å²) in [6.07, 6.45) is 2.93. The Morgan fingerprint density at radius 2 is 2.18 bits per heavy atom. The molecule has 17 heavy (non-hydrogen) atoms. The minimum Gasteiger partial charge on any atom is -0.393 e. The van der Waals surface area contributed by atoms with Gasteiger partial charge in [0.2, 0.25) is 0 Å². The van der Waals surface area contributed by atoms with Gasteiger partial charge in [0, 0.05) is 11.1 Å². The van der Waals surface area contributed by atoms with Crippen molar-refractivity contribution in [2.24, 2.45) is 5.92 Å². The van der Waals surface area contributed by atoms with E-state index in [1.807, 2.05) is 18.2 Å². The van der Waals surface area contributed by atoms with Crippen molar-refractivity contribution in [3.63, 3.8) is 0 Å². The van der Waals surface area contributed by atoms with Gasteiger partial charge in [-0.1, -0.05) is 29.8 Å². The Kier molecular flexibility index (Phi) is 4.43. The number of aliphatic hydroxyl groups excluding tert-OH is 1. The molecular weight excluding hydrogens is 234 g/mol. The summed E-state index contributed by atoms with van der Waals surface area (Å²) in [6, 6.07) is 8.21. The number of nitrogens with one attached hydrogen (secondary N) is 1. The maximum Gasteiger partial charge on any atom is 0.0543 e. The van der Waals surface area contributed by atoms with Crippen LogP contribution in [0, 0.1) is 5.92 Å². The predicted octanol–water partition coefficient (Wildman–Crippen LogP) is 3.15. The molecule has 0 aliphatic heterocycles. The molecule has 2 rings (SSSR count). The van der Waals surface area contributed by atoms with Crippen LogP contribution in [0.3, 0.4) is 0 Å². The van der Waals surface area contributed by atoms with Crippen molar-refractivity contribution in [3.8, 4) is 0 Å². The lowest BCUT2D eigenvalue weighted by Gasteiger charge is -2.18. The van der Waals surface area contributed by atoms with Gasteiger partial charge in [-0.25, -0.2) is 0 Å². The van der Waals surface area contributed by atoms with E-state index in [9.17, 15) is 5.11 Å². The fraction of sp³-hybridized carbons (Fsp3) is 0.571. The molecule has 3 heteroatoms. The van der Waals surface area contributed by atoms with E-state index in [0.29, 0.717) is 5.92 Å². The summed E-state index contributed by atoms with van der Waals surface area (Å²) in [5, 5.41) is 13.8. The van der Waals surface area contributed by atoms with Gasteiger partial charge in [-0.05, 0) is 50.3 Å². The smallest absolute Gasteiger partial charge is 0.0543 e. The molecule has 0 heterocycles. The van der Waals surface area contributed by atoms with Crippen molar-refractivity contribution in [3.05, 3.63) is 34.9 Å². The minimum absolute atomic E-state index is 0.0857. The Morgan fingerprint density at radius 3 is 2.82 bits per heavy atom. The van der Waals surface area contributed by atoms with Gasteiger partial charge in [0.1, 0.15) is 0 Å². The molecule has 3 unspecified atom stereocenters. The molecule has 0 aromatic heterocycles. The molecule has 0 bridgehead atoms. The number of benzene rings is 1. The molecule has 0 radical (unpaired) electrons. The van der Waals surface area contributed by atoms with E-state index in [-0.39, 0.29) is 12.1 Å². The molecule has 3 atom stereocenters. The van der Waals surface area contributed by atoms with E-state index in [4.69, 9.17) is 11.6 Å². The van der Waals surface area contributed by atoms with Crippen LogP contribution in [0.5, 0.6) is 0 Å². The molecule has 2 N–H and O–H groups in total. The summed E-state index contributed by atoms with van der Waals surface area (Å²) in [5.41, 5.74) is 1.15. The zero-order chi connectivity index (χ0) is 12.3. The Balaban J connectivity index is 1.85. The Bertz CT molecular complexity index is 369. The molecule has 1 aromatic rings. The fourth-order valence-corrected chi connectivity index (χ4v) is 2.81. The molecule has 2 nitrogen and oxygen atoms in total. The molecule has 1 saturated carbocycles. The first-order chi connectivity index (χ1) is 8.16. The second-order valence-corrected chi connectivity index (χ2v) is 5.39. The SMILES string of the molecule is CC(NCC1CCC(O)C1)c1ccccc1Cl. The highest BCUT2D eigenvalue weighted by Crippen LogP contribution is 2.26. The molecule has 94 valence electrons. The van der Waals surface area contributed by atoms with Crippen molar-refractivity contribution in [1.29, 1.82) is 0 Å². The average Bonchev–Trinajstić information content (AvgIpc) is 2.73. The third-order valence-electron chi connectivity index (χ3n) is 3.60. The summed E-state index contributed by atoms with van der Waals surface area (Å²) in [4.78, 5) is 0. The van der Waals surface area contributed by atoms with Crippen LogP contribution in [0.2, 0.25) is 5.02 Å². The van der Waals surface area contributed by atoms with Gasteiger partial charge in [-0.3, -0.25) is 0 Å². The van der Waals surface area contributed by atoms with Crippen LogP contribution in [0.4, 0.5) is 0 Å². The topological polar surface area (TPSA) is 32.3 Å². The quantitative estimate of drug-likeness (QED) is 0.864. The Labute approximate surface area is 108 Å². The lowest BCUT2D eigenvalue weighted by atomic mass is 10.1. The number of hydrogen-bond acceptors (Lipinski definition) is 2. The first-order valence-electron chi connectivity index (χ1n) is 6.32. The number of halogens is 1. The lowest BCUT2D eigenvalue weighted by molar-refractivity contribution is 0.177. The van der Waals surface area contributed by atoms with E-state index >= 15 is 0 Å². The van der Waals surface area contributed by atoms with Crippen molar-refractivity contribution in [1.82, 2.24) is 5.32 Å². The normalized spacial score (nSPS) is 26.1. The lowest BCUT2D eigenvalue weighted by Crippen LogP contribution is -2.25. The maximum atomic E-state index is 9.48. The van der Waals surface area contributed by atoms with Crippen molar-refractivity contribution < 1.29 is 5.11 Å². The van der Waals surface area contributed by atoms with Gasteiger partial charge >= 0.3 is 0 Å². The highest BCUT2D eigenvalue weighted by molar-refractivity contribution is 6.31. The first-order valence-corrected chi connectivity index (χ1v) is 6.70. The largest absolute Gasteiger partial charge is 0.393 e. The van der Waals surface area contributed by atoms with Crippen LogP contribution in [0.15, 0.2) is 24.3 Å². The van der Waals surface area contributed by atoms with E-state index in [1.165, 1.54) is 0 Å². The van der Waals surface area contributed by atoms with Crippen LogP contribution < -0.4 is 5.32 Å². The number of aliphatic hydroxyl groups is 1. The minimum atomic E-state index is -0.0857. The van der Waals surface area contributed by atoms with Crippen LogP contribution in [0.25, 0.3) is 0 Å². The molecule has 1 aromatic carbocycles. The van der Waals surface area contributed by atoms with E-state index < -0.39 is 0 Å². The van der Waals surface area contributed by atoms with Gasteiger partial charge in [0.05, 0.1) is 6.10 Å². The molecular formula is C14H20ClNO. The third-order valence-corrected chi connectivity index (χ3v) is 3.94. The Morgan fingerprint density at radius 1 is 1.41 bits per heavy atom. The summed E-state index contributed by atoms with van der Waals surface area (Å²) in [7, 11) is 0. The molecule has 0 amide bonds. The Hall–Kier alpha value is -0.570. The average molecular weight is 254 g/mol. The van der Waals surface area contributed by atoms with Crippen molar-refractivity contribution in [2.45, 2.75) is 38.3 Å². The van der Waals surface area contributed by atoms with Gasteiger partial charge in [-0.2, -0.15) is 0 Å². The van der Waals surface area contributed by atoms with Crippen LogP contribution in [-0.2, 0) is 0 Å². The molecule has 1 fully saturated rings. The fourth-order valence-electron chi connectivity index (χ4n) is 2.51. The molecule has 0 saturated heterocycles. The highest BCUT2D eigenvalue weighted by atomic mass is 35.5. The second-order valence-electron chi connectivity index (χ2n) is 4.98. The first kappa shape index (κ1) is 12.9. The summed E-state index contributed by atoms with van der Waals surface area (Å²) in [6.45, 7) is 3.09. The standard InChI is InChI=1S/C14H20ClNO/c1-10(13-4-2-3-5-14(13)15)16-9-11-6-7-12(17)8-11/h2-5,10-12,16-17H,6-9H2,1H3. The number of hydrogen-bond donors (Lipinski definition) is 2. The molecule has 1 aliphatic carbocycles. The van der Waals surface area contributed by atoms with E-state index in [1.54, 1.807) is 0 Å². The summed E-state index contributed by atoms with van der Waals surface area (Å²) in [5.74, 6) is 0.606. The monoisotopic (exact) mass is 253 g/mol. The zero-order valence-corrected chi connectivity index (χ0v) is 11.0. The molecule has 1 aliphatic rings. The summed E-state index contributed by atoms with van der Waals surface area (Å²) >= 11 is 6.16. The number of rotatable bonds is 4. The third kappa shape index (κ3) is 3.44. The van der Waals surface area contributed by atoms with Crippen molar-refractivity contribution in [2.75, 3.05) is 6.54 Å². The van der Waals surface area contributed by atoms with E-state index in [2.05, 4.69) is 18.3 Å². The van der Waals surface area contributed by atoms with Gasteiger partial charge in [-0.15, -0.1) is 0 Å². The molecule has 0 spiro atoms. The van der Waals surface area contributed by atoms with Gasteiger partial charge < -0.3 is 10.4 Å². The van der Waals surface area contributed by atoms with Crippen LogP contribution in [0.1, 0.15) is 37.8 Å². The second kappa shape index (κ2) is 5.85. The van der Waals surface area contributed by atoms with Gasteiger partial charge in [0.15, 0.2) is 0 Å². The van der Waals surface area contributed by atoms with Gasteiger partial charge in [0.25, 0.3) is 0 Å². The predicted molar refractivity (Wildman–Crippen MR) is 71.2 cm³/mol.